The average molecular weight is 546 g/mol. The van der Waals surface area contributed by atoms with E-state index in [1.54, 1.807) is 30.1 Å². The highest BCUT2D eigenvalue weighted by atomic mass is 16.6. The van der Waals surface area contributed by atoms with Gasteiger partial charge in [-0.2, -0.15) is 0 Å². The first-order valence-corrected chi connectivity index (χ1v) is 13.5. The number of alkyl carbamates (subject to hydrolysis) is 1. The predicted octanol–water partition coefficient (Wildman–Crippen LogP) is 6.31. The summed E-state index contributed by atoms with van der Waals surface area (Å²) in [6.07, 6.45) is 3.66. The van der Waals surface area contributed by atoms with Gasteiger partial charge >= 0.3 is 6.09 Å². The fourth-order valence-electron chi connectivity index (χ4n) is 5.02. The van der Waals surface area contributed by atoms with Gasteiger partial charge in [0, 0.05) is 11.6 Å². The molecule has 2 heterocycles. The monoisotopic (exact) mass is 545 g/mol. The summed E-state index contributed by atoms with van der Waals surface area (Å²) in [5.41, 5.74) is 0.322. The van der Waals surface area contributed by atoms with E-state index < -0.39 is 17.2 Å². The van der Waals surface area contributed by atoms with Crippen molar-refractivity contribution in [1.29, 1.82) is 0 Å². The van der Waals surface area contributed by atoms with E-state index in [-0.39, 0.29) is 12.2 Å². The number of fused-ring (bicyclic) bond motifs is 3. The summed E-state index contributed by atoms with van der Waals surface area (Å²) in [4.78, 5) is 30.7. The molecule has 0 aliphatic heterocycles. The summed E-state index contributed by atoms with van der Waals surface area (Å²) in [6, 6.07) is 15.1. The molecular weight excluding hydrogens is 506 g/mol. The molecule has 2 aromatic heterocycles. The molecule has 1 N–H and O–H groups in total. The van der Waals surface area contributed by atoms with Crippen LogP contribution in [0.4, 0.5) is 4.79 Å². The summed E-state index contributed by atoms with van der Waals surface area (Å²) >= 11 is 0. The van der Waals surface area contributed by atoms with Gasteiger partial charge in [-0.1, -0.05) is 26.0 Å². The van der Waals surface area contributed by atoms with Crippen molar-refractivity contribution in [1.82, 2.24) is 14.9 Å². The van der Waals surface area contributed by atoms with Crippen molar-refractivity contribution in [2.45, 2.75) is 65.6 Å². The third-order valence-corrected chi connectivity index (χ3v) is 6.57. The van der Waals surface area contributed by atoms with E-state index in [4.69, 9.17) is 14.2 Å². The predicted molar refractivity (Wildman–Crippen MR) is 158 cm³/mol. The van der Waals surface area contributed by atoms with Gasteiger partial charge in [-0.25, -0.2) is 4.79 Å². The minimum atomic E-state index is -0.672. The molecule has 0 aliphatic rings. The molecule has 0 aliphatic carbocycles. The standard InChI is InChI=1S/C32H39N3O5/c1-21(2)17-32(6,34-30(37)40-31(3,4)5)20-39-24-12-13-25-26-14-15-33-18-28(26)35(29(36)27(25)16-24)19-22-8-10-23(38-7)11-9-22/h8-16,18,21H,17,19-20H2,1-7H3,(H,34,37). The third kappa shape index (κ3) is 6.92. The fraction of sp³-hybridized carbons (Fsp3) is 0.406. The minimum absolute atomic E-state index is 0.131. The summed E-state index contributed by atoms with van der Waals surface area (Å²) in [5.74, 6) is 1.62. The molecule has 8 heteroatoms. The van der Waals surface area contributed by atoms with Gasteiger partial charge in [-0.15, -0.1) is 0 Å². The second-order valence-electron chi connectivity index (χ2n) is 11.9. The fourth-order valence-corrected chi connectivity index (χ4v) is 5.02. The largest absolute Gasteiger partial charge is 0.497 e. The van der Waals surface area contributed by atoms with Crippen molar-refractivity contribution in [2.24, 2.45) is 5.92 Å². The van der Waals surface area contributed by atoms with Crippen molar-refractivity contribution in [3.63, 3.8) is 0 Å². The van der Waals surface area contributed by atoms with Gasteiger partial charge in [-0.3, -0.25) is 9.78 Å². The Kier molecular flexibility index (Phi) is 8.37. The molecule has 0 saturated carbocycles. The van der Waals surface area contributed by atoms with Crippen molar-refractivity contribution in [2.75, 3.05) is 13.7 Å². The molecule has 1 amide bonds. The lowest BCUT2D eigenvalue weighted by molar-refractivity contribution is 0.0408. The van der Waals surface area contributed by atoms with Crippen molar-refractivity contribution in [3.05, 3.63) is 76.8 Å². The van der Waals surface area contributed by atoms with Gasteiger partial charge in [0.1, 0.15) is 23.7 Å². The van der Waals surface area contributed by atoms with Crippen LogP contribution in [0.2, 0.25) is 0 Å². The smallest absolute Gasteiger partial charge is 0.408 e. The second-order valence-corrected chi connectivity index (χ2v) is 11.9. The maximum atomic E-state index is 13.8. The maximum absolute atomic E-state index is 13.8. The average Bonchev–Trinajstić information content (AvgIpc) is 2.88. The Balaban J connectivity index is 1.67. The molecule has 0 fully saturated rings. The van der Waals surface area contributed by atoms with Crippen LogP contribution in [0, 0.1) is 5.92 Å². The number of pyridine rings is 2. The van der Waals surface area contributed by atoms with E-state index in [0.717, 1.165) is 27.6 Å². The van der Waals surface area contributed by atoms with Crippen LogP contribution in [0.5, 0.6) is 11.5 Å². The van der Waals surface area contributed by atoms with Crippen LogP contribution in [-0.2, 0) is 11.3 Å². The second kappa shape index (κ2) is 11.6. The summed E-state index contributed by atoms with van der Waals surface area (Å²) < 4.78 is 18.7. The van der Waals surface area contributed by atoms with E-state index in [2.05, 4.69) is 24.1 Å². The molecule has 1 unspecified atom stereocenters. The summed E-state index contributed by atoms with van der Waals surface area (Å²) in [7, 11) is 1.63. The van der Waals surface area contributed by atoms with Crippen LogP contribution in [-0.4, -0.2) is 40.5 Å². The molecule has 2 aromatic carbocycles. The summed E-state index contributed by atoms with van der Waals surface area (Å²) in [5, 5.41) is 5.31. The molecular formula is C32H39N3O5. The van der Waals surface area contributed by atoms with Gasteiger partial charge < -0.3 is 24.1 Å². The first-order valence-electron chi connectivity index (χ1n) is 13.5. The highest BCUT2D eigenvalue weighted by Crippen LogP contribution is 2.27. The van der Waals surface area contributed by atoms with Gasteiger partial charge in [-0.05, 0) is 87.4 Å². The summed E-state index contributed by atoms with van der Waals surface area (Å²) in [6.45, 7) is 12.2. The Bertz CT molecular complexity index is 1550. The number of aromatic nitrogens is 2. The number of rotatable bonds is 9. The van der Waals surface area contributed by atoms with Crippen LogP contribution >= 0.6 is 0 Å². The molecule has 212 valence electrons. The van der Waals surface area contributed by atoms with E-state index in [1.165, 1.54) is 0 Å². The third-order valence-electron chi connectivity index (χ3n) is 6.57. The minimum Gasteiger partial charge on any atom is -0.497 e. The Hall–Kier alpha value is -4.07. The van der Waals surface area contributed by atoms with Crippen molar-refractivity contribution in [3.8, 4) is 11.5 Å². The molecule has 4 aromatic rings. The first-order chi connectivity index (χ1) is 18.9. The number of methoxy groups -OCH3 is 1. The molecule has 0 bridgehead atoms. The van der Waals surface area contributed by atoms with E-state index in [0.29, 0.717) is 30.0 Å². The van der Waals surface area contributed by atoms with Gasteiger partial charge in [0.05, 0.1) is 36.3 Å². The highest BCUT2D eigenvalue weighted by molar-refractivity contribution is 6.05. The zero-order chi connectivity index (χ0) is 29.1. The van der Waals surface area contributed by atoms with Gasteiger partial charge in [0.15, 0.2) is 0 Å². The molecule has 0 saturated heterocycles. The lowest BCUT2D eigenvalue weighted by atomic mass is 9.91. The molecule has 1 atom stereocenters. The van der Waals surface area contributed by atoms with Crippen LogP contribution in [0.1, 0.15) is 53.5 Å². The van der Waals surface area contributed by atoms with Crippen LogP contribution in [0.25, 0.3) is 21.7 Å². The van der Waals surface area contributed by atoms with Crippen molar-refractivity contribution < 1.29 is 19.0 Å². The van der Waals surface area contributed by atoms with Gasteiger partial charge in [0.2, 0.25) is 0 Å². The molecule has 8 nitrogen and oxygen atoms in total. The Labute approximate surface area is 235 Å². The molecule has 4 rings (SSSR count). The zero-order valence-electron chi connectivity index (χ0n) is 24.4. The lowest BCUT2D eigenvalue weighted by Gasteiger charge is -2.33. The molecule has 0 spiro atoms. The number of amides is 1. The topological polar surface area (TPSA) is 91.7 Å². The number of carbonyl (C=O) groups is 1. The van der Waals surface area contributed by atoms with E-state index in [9.17, 15) is 9.59 Å². The van der Waals surface area contributed by atoms with Crippen LogP contribution in [0.15, 0.2) is 65.7 Å². The quantitative estimate of drug-likeness (QED) is 0.248. The highest BCUT2D eigenvalue weighted by Gasteiger charge is 2.31. The van der Waals surface area contributed by atoms with Crippen LogP contribution < -0.4 is 20.3 Å². The maximum Gasteiger partial charge on any atom is 0.408 e. The number of nitrogens with zero attached hydrogens (tertiary/aromatic N) is 2. The zero-order valence-corrected chi connectivity index (χ0v) is 24.4. The number of ether oxygens (including phenoxy) is 3. The number of hydrogen-bond donors (Lipinski definition) is 1. The molecule has 0 radical (unpaired) electrons. The normalized spacial score (nSPS) is 13.3. The lowest BCUT2D eigenvalue weighted by Crippen LogP contribution is -2.52. The van der Waals surface area contributed by atoms with Gasteiger partial charge in [0.25, 0.3) is 5.56 Å². The number of hydrogen-bond acceptors (Lipinski definition) is 6. The van der Waals surface area contributed by atoms with Crippen LogP contribution in [0.3, 0.4) is 0 Å². The first kappa shape index (κ1) is 28.9. The Morgan fingerprint density at radius 1 is 0.975 bits per heavy atom. The number of benzene rings is 2. The van der Waals surface area contributed by atoms with E-state index >= 15 is 0 Å². The van der Waals surface area contributed by atoms with E-state index in [1.807, 2.05) is 70.2 Å². The molecule has 40 heavy (non-hydrogen) atoms. The number of carbonyl (C=O) groups excluding carboxylic acids is 1. The Morgan fingerprint density at radius 2 is 1.68 bits per heavy atom. The van der Waals surface area contributed by atoms with Crippen molar-refractivity contribution >= 4 is 27.8 Å². The number of nitrogens with one attached hydrogen (secondary N) is 1. The Morgan fingerprint density at radius 3 is 2.33 bits per heavy atom. The SMILES string of the molecule is COc1ccc(Cn2c(=O)c3cc(OCC(C)(CC(C)C)NC(=O)OC(C)(C)C)ccc3c3ccncc32)cc1.